The Balaban J connectivity index is 4.59. The van der Waals surface area contributed by atoms with Crippen molar-refractivity contribution in [3.8, 4) is 0 Å². The molecule has 0 saturated heterocycles. The minimum absolute atomic E-state index is 0.155. The number of carbonyl (C=O) groups is 1. The molecule has 68 valence electrons. The second-order valence-electron chi connectivity index (χ2n) is 1.86. The first kappa shape index (κ1) is 10.5. The van der Waals surface area contributed by atoms with Crippen LogP contribution in [-0.2, 0) is 4.79 Å². The van der Waals surface area contributed by atoms with E-state index in [0.717, 1.165) is 0 Å². The van der Waals surface area contributed by atoms with Crippen LogP contribution in [0.4, 0.5) is 13.2 Å². The molecule has 5 N–H and O–H groups in total. The highest BCUT2D eigenvalue weighted by Crippen LogP contribution is 2.20. The molecular weight excluding hydrogens is 177 g/mol. The third-order valence-corrected chi connectivity index (χ3v) is 0.885. The van der Waals surface area contributed by atoms with Gasteiger partial charge < -0.3 is 10.8 Å². The maximum Gasteiger partial charge on any atom is 0.430 e. The summed E-state index contributed by atoms with van der Waals surface area (Å²) >= 11 is 0. The summed E-state index contributed by atoms with van der Waals surface area (Å²) in [4.78, 5) is 9.93. The van der Waals surface area contributed by atoms with Crippen LogP contribution in [0.1, 0.15) is 0 Å². The summed E-state index contributed by atoms with van der Waals surface area (Å²) in [7, 11) is 0. The van der Waals surface area contributed by atoms with E-state index in [2.05, 4.69) is 11.1 Å². The Kier molecular flexibility index (Phi) is 2.83. The van der Waals surface area contributed by atoms with Crippen LogP contribution in [0.3, 0.4) is 0 Å². The van der Waals surface area contributed by atoms with Gasteiger partial charge in [0.2, 0.25) is 0 Å². The summed E-state index contributed by atoms with van der Waals surface area (Å²) in [6.45, 7) is 0. The zero-order chi connectivity index (χ0) is 9.94. The molecule has 0 aromatic carbocycles. The third-order valence-electron chi connectivity index (χ3n) is 0.885. The summed E-state index contributed by atoms with van der Waals surface area (Å²) in [5.74, 6) is -1.65. The van der Waals surface area contributed by atoms with Crippen LogP contribution in [-0.4, -0.2) is 23.0 Å². The number of aliphatic carboxylic acids is 1. The molecule has 4 nitrogen and oxygen atoms in total. The number of carboxylic acids is 1. The van der Waals surface area contributed by atoms with Crippen LogP contribution in [0.2, 0.25) is 0 Å². The van der Waals surface area contributed by atoms with Gasteiger partial charge in [-0.15, -0.1) is 0 Å². The molecule has 0 aromatic heterocycles. The Bertz CT molecular complexity index is 244. The van der Waals surface area contributed by atoms with Gasteiger partial charge in [-0.05, 0) is 0 Å². The molecule has 7 heteroatoms. The zero-order valence-electron chi connectivity index (χ0n) is 5.72. The van der Waals surface area contributed by atoms with Crippen molar-refractivity contribution < 1.29 is 28.5 Å². The van der Waals surface area contributed by atoms with Crippen LogP contribution in [0.5, 0.6) is 0 Å². The molecule has 0 saturated carbocycles. The van der Waals surface area contributed by atoms with Crippen molar-refractivity contribution in [1.82, 2.24) is 0 Å². The van der Waals surface area contributed by atoms with Crippen molar-refractivity contribution in [1.29, 1.82) is 0 Å². The molecule has 0 heterocycles. The summed E-state index contributed by atoms with van der Waals surface area (Å²) in [5, 5.41) is 12.7. The number of alkyl halides is 3. The summed E-state index contributed by atoms with van der Waals surface area (Å²) in [5.41, 5.74) is 1.97. The number of hydrogen-bond donors (Lipinski definition) is 3. The predicted molar refractivity (Wildman–Crippen MR) is 32.9 cm³/mol. The molecule has 12 heavy (non-hydrogen) atoms. The quantitative estimate of drug-likeness (QED) is 0.463. The molecular formula is C5H6F3N2O2+. The molecule has 0 aliphatic carbocycles. The second kappa shape index (κ2) is 3.24. The lowest BCUT2D eigenvalue weighted by Crippen LogP contribution is -2.44. The fourth-order valence-corrected chi connectivity index (χ4v) is 0.311. The van der Waals surface area contributed by atoms with Crippen molar-refractivity contribution in [2.75, 3.05) is 0 Å². The fraction of sp³-hybridized carbons (Fsp3) is 0.200. The standard InChI is InChI=1S/C5H5F3N2O2/c6-5(7,8)3(10)1-2(9)4(11)12/h1,9H,10H2,(H,11,12)/p+1/b3-1-,9-2?. The van der Waals surface area contributed by atoms with Crippen LogP contribution in [0, 0.1) is 0 Å². The first-order valence-corrected chi connectivity index (χ1v) is 2.65. The lowest BCUT2D eigenvalue weighted by Gasteiger charge is -2.03. The smallest absolute Gasteiger partial charge is 0.430 e. The number of carboxylic acid groups (broad SMARTS) is 1. The molecule has 0 aromatic rings. The van der Waals surface area contributed by atoms with Crippen molar-refractivity contribution in [3.63, 3.8) is 0 Å². The maximum atomic E-state index is 11.6. The van der Waals surface area contributed by atoms with Gasteiger partial charge in [0.05, 0.1) is 0 Å². The average Bonchev–Trinajstić information content (AvgIpc) is 1.85. The largest absolute Gasteiger partial charge is 0.473 e. The van der Waals surface area contributed by atoms with Crippen LogP contribution in [0.15, 0.2) is 11.8 Å². The van der Waals surface area contributed by atoms with Crippen molar-refractivity contribution in [2.45, 2.75) is 6.18 Å². The van der Waals surface area contributed by atoms with E-state index < -0.39 is 23.6 Å². The van der Waals surface area contributed by atoms with Crippen molar-refractivity contribution >= 4 is 11.7 Å². The molecule has 0 fully saturated rings. The van der Waals surface area contributed by atoms with Gasteiger partial charge >= 0.3 is 12.1 Å². The predicted octanol–water partition coefficient (Wildman–Crippen LogP) is -1.32. The third kappa shape index (κ3) is 3.04. The Morgan fingerprint density at radius 2 is 1.92 bits per heavy atom. The second-order valence-corrected chi connectivity index (χ2v) is 1.86. The van der Waals surface area contributed by atoms with Crippen LogP contribution < -0.4 is 11.1 Å². The average molecular weight is 183 g/mol. The summed E-state index contributed by atoms with van der Waals surface area (Å²) in [6.07, 6.45) is -4.59. The topological polar surface area (TPSA) is 88.9 Å². The van der Waals surface area contributed by atoms with E-state index in [1.54, 1.807) is 0 Å². The van der Waals surface area contributed by atoms with Crippen molar-refractivity contribution in [3.05, 3.63) is 11.8 Å². The number of halogens is 3. The first-order valence-electron chi connectivity index (χ1n) is 2.65. The highest BCUT2D eigenvalue weighted by atomic mass is 19.4. The van der Waals surface area contributed by atoms with Gasteiger partial charge in [-0.3, -0.25) is 0 Å². The van der Waals surface area contributed by atoms with Gasteiger partial charge in [-0.1, -0.05) is 0 Å². The van der Waals surface area contributed by atoms with Gasteiger partial charge in [0, 0.05) is 6.08 Å². The lowest BCUT2D eigenvalue weighted by molar-refractivity contribution is -0.147. The molecule has 0 radical (unpaired) electrons. The highest BCUT2D eigenvalue weighted by molar-refractivity contribution is 6.37. The Labute approximate surface area is 65.0 Å². The number of hydrogen-bond acceptors (Lipinski definition) is 2. The number of rotatable bonds is 2. The van der Waals surface area contributed by atoms with Gasteiger partial charge in [0.1, 0.15) is 5.70 Å². The van der Waals surface area contributed by atoms with Crippen molar-refractivity contribution in [2.24, 2.45) is 5.73 Å². The van der Waals surface area contributed by atoms with Gasteiger partial charge in [-0.25, -0.2) is 10.2 Å². The van der Waals surface area contributed by atoms with Crippen LogP contribution >= 0.6 is 0 Å². The zero-order valence-corrected chi connectivity index (χ0v) is 5.72. The first-order chi connectivity index (χ1) is 5.25. The van der Waals surface area contributed by atoms with E-state index >= 15 is 0 Å². The van der Waals surface area contributed by atoms with E-state index in [-0.39, 0.29) is 6.08 Å². The highest BCUT2D eigenvalue weighted by Gasteiger charge is 2.32. The Hall–Kier alpha value is -1.53. The lowest BCUT2D eigenvalue weighted by atomic mass is 10.3. The SMILES string of the molecule is N/C(=C\C(=[NH2+])C(=O)O)C(F)(F)F. The van der Waals surface area contributed by atoms with Gasteiger partial charge in [0.15, 0.2) is 0 Å². The molecule has 0 amide bonds. The Morgan fingerprint density at radius 3 is 2.17 bits per heavy atom. The van der Waals surface area contributed by atoms with Crippen LogP contribution in [0.25, 0.3) is 0 Å². The van der Waals surface area contributed by atoms with E-state index in [9.17, 15) is 18.0 Å². The van der Waals surface area contributed by atoms with E-state index in [1.807, 2.05) is 0 Å². The molecule has 0 aliphatic rings. The minimum atomic E-state index is -4.75. The minimum Gasteiger partial charge on any atom is -0.473 e. The Morgan fingerprint density at radius 1 is 1.50 bits per heavy atom. The molecule has 0 aliphatic heterocycles. The molecule has 0 atom stereocenters. The van der Waals surface area contributed by atoms with E-state index in [1.165, 1.54) is 0 Å². The molecule has 0 rings (SSSR count). The molecule has 0 unspecified atom stereocenters. The fourth-order valence-electron chi connectivity index (χ4n) is 0.311. The number of allylic oxidation sites excluding steroid dienone is 1. The van der Waals surface area contributed by atoms with Gasteiger partial charge in [0.25, 0.3) is 5.71 Å². The molecule has 0 spiro atoms. The monoisotopic (exact) mass is 183 g/mol. The number of nitrogens with two attached hydrogens (primary N) is 2. The van der Waals surface area contributed by atoms with Gasteiger partial charge in [-0.2, -0.15) is 13.2 Å². The summed E-state index contributed by atoms with van der Waals surface area (Å²) < 4.78 is 34.9. The summed E-state index contributed by atoms with van der Waals surface area (Å²) in [6, 6.07) is 0. The van der Waals surface area contributed by atoms with E-state index in [0.29, 0.717) is 0 Å². The van der Waals surface area contributed by atoms with E-state index in [4.69, 9.17) is 5.11 Å². The molecule has 0 bridgehead atoms. The maximum absolute atomic E-state index is 11.6. The normalized spacial score (nSPS) is 12.8.